The minimum atomic E-state index is -0.178. The van der Waals surface area contributed by atoms with E-state index in [1.807, 2.05) is 23.6 Å². The molecule has 6 rings (SSSR count). The number of para-hydroxylation sites is 1. The molecule has 0 radical (unpaired) electrons. The average molecular weight is 469 g/mol. The number of piperidine rings is 1. The van der Waals surface area contributed by atoms with Crippen LogP contribution in [0.4, 0.5) is 10.1 Å². The van der Waals surface area contributed by atoms with E-state index in [-0.39, 0.29) is 23.3 Å². The fourth-order valence-corrected chi connectivity index (χ4v) is 6.09. The lowest BCUT2D eigenvalue weighted by Gasteiger charge is -2.35. The zero-order valence-corrected chi connectivity index (χ0v) is 20.0. The summed E-state index contributed by atoms with van der Waals surface area (Å²) in [7, 11) is 0. The van der Waals surface area contributed by atoms with Gasteiger partial charge in [-0.1, -0.05) is 36.4 Å². The molecule has 0 amide bonds. The Morgan fingerprint density at radius 2 is 1.74 bits per heavy atom. The minimum Gasteiger partial charge on any atom is -0.369 e. The first kappa shape index (κ1) is 22.0. The second-order valence-electron chi connectivity index (χ2n) is 9.81. The minimum absolute atomic E-state index is 0.0345. The molecule has 0 bridgehead atoms. The molecule has 1 aliphatic carbocycles. The van der Waals surface area contributed by atoms with E-state index in [1.165, 1.54) is 17.2 Å². The molecule has 2 aliphatic rings. The maximum atomic E-state index is 14.6. The first-order valence-corrected chi connectivity index (χ1v) is 12.6. The van der Waals surface area contributed by atoms with Gasteiger partial charge in [-0.25, -0.2) is 9.37 Å². The van der Waals surface area contributed by atoms with E-state index in [2.05, 4.69) is 39.1 Å². The van der Waals surface area contributed by atoms with Crippen LogP contribution in [0.3, 0.4) is 0 Å². The Morgan fingerprint density at radius 3 is 2.57 bits per heavy atom. The molecule has 1 atom stereocenters. The highest BCUT2D eigenvalue weighted by Gasteiger charge is 2.30. The van der Waals surface area contributed by atoms with Crippen molar-refractivity contribution >= 4 is 16.9 Å². The largest absolute Gasteiger partial charge is 0.369 e. The number of fused-ring (bicyclic) bond motifs is 2. The van der Waals surface area contributed by atoms with Crippen molar-refractivity contribution in [2.24, 2.45) is 0 Å². The van der Waals surface area contributed by atoms with Gasteiger partial charge in [0.05, 0.1) is 11.7 Å². The molecule has 2 aromatic carbocycles. The SMILES string of the molecule is Cc1cccc(F)c1N1CCC(c2cc3nccnc3n([C@@H]3CCCc4ccccc43)c2=O)CC1. The van der Waals surface area contributed by atoms with Gasteiger partial charge in [-0.2, -0.15) is 0 Å². The average Bonchev–Trinajstić information content (AvgIpc) is 2.89. The van der Waals surface area contributed by atoms with Crippen molar-refractivity contribution in [2.75, 3.05) is 18.0 Å². The molecule has 35 heavy (non-hydrogen) atoms. The van der Waals surface area contributed by atoms with E-state index in [0.29, 0.717) is 11.3 Å². The van der Waals surface area contributed by atoms with Crippen LogP contribution in [0.5, 0.6) is 0 Å². The highest BCUT2D eigenvalue weighted by Crippen LogP contribution is 2.36. The van der Waals surface area contributed by atoms with Crippen molar-refractivity contribution in [3.8, 4) is 0 Å². The Labute approximate surface area is 204 Å². The lowest BCUT2D eigenvalue weighted by Crippen LogP contribution is -2.37. The van der Waals surface area contributed by atoms with E-state index in [9.17, 15) is 9.18 Å². The molecule has 2 aromatic heterocycles. The molecular weight excluding hydrogens is 439 g/mol. The number of hydrogen-bond donors (Lipinski definition) is 0. The van der Waals surface area contributed by atoms with Crippen LogP contribution < -0.4 is 10.5 Å². The Kier molecular flexibility index (Phi) is 5.59. The van der Waals surface area contributed by atoms with Gasteiger partial charge in [0.1, 0.15) is 11.3 Å². The zero-order chi connectivity index (χ0) is 23.9. The van der Waals surface area contributed by atoms with E-state index in [0.717, 1.165) is 61.8 Å². The fourth-order valence-electron chi connectivity index (χ4n) is 6.09. The summed E-state index contributed by atoms with van der Waals surface area (Å²) in [6, 6.07) is 15.6. The standard InChI is InChI=1S/C29H29FN4O/c1-19-6-4-10-24(30)27(19)33-16-12-21(13-17-33)23-18-25-28(32-15-14-31-25)34(29(23)35)26-11-5-8-20-7-2-3-9-22(20)26/h2-4,6-7,9-10,14-15,18,21,26H,5,8,11-13,16-17H2,1H3/t26-/m1/s1. The van der Waals surface area contributed by atoms with Crippen LogP contribution in [0.1, 0.15) is 59.9 Å². The Hall–Kier alpha value is -3.54. The van der Waals surface area contributed by atoms with Gasteiger partial charge < -0.3 is 4.90 Å². The molecule has 0 unspecified atom stereocenters. The summed E-state index contributed by atoms with van der Waals surface area (Å²) in [5.41, 5.74) is 6.43. The van der Waals surface area contributed by atoms with Gasteiger partial charge in [0.15, 0.2) is 5.65 Å². The fraction of sp³-hybridized carbons (Fsp3) is 0.345. The molecule has 6 heteroatoms. The van der Waals surface area contributed by atoms with E-state index in [4.69, 9.17) is 0 Å². The highest BCUT2D eigenvalue weighted by molar-refractivity contribution is 5.71. The predicted molar refractivity (Wildman–Crippen MR) is 137 cm³/mol. The zero-order valence-electron chi connectivity index (χ0n) is 20.0. The topological polar surface area (TPSA) is 51.0 Å². The van der Waals surface area contributed by atoms with E-state index >= 15 is 0 Å². The van der Waals surface area contributed by atoms with E-state index < -0.39 is 0 Å². The third-order valence-corrected chi connectivity index (χ3v) is 7.78. The molecular formula is C29H29FN4O. The number of hydrogen-bond acceptors (Lipinski definition) is 4. The van der Waals surface area contributed by atoms with Crippen LogP contribution in [0, 0.1) is 12.7 Å². The van der Waals surface area contributed by atoms with E-state index in [1.54, 1.807) is 18.5 Å². The first-order chi connectivity index (χ1) is 17.1. The summed E-state index contributed by atoms with van der Waals surface area (Å²) in [5, 5.41) is 0. The molecule has 4 aromatic rings. The summed E-state index contributed by atoms with van der Waals surface area (Å²) in [6.07, 6.45) is 7.96. The predicted octanol–water partition coefficient (Wildman–Crippen LogP) is 5.55. The number of rotatable bonds is 3. The van der Waals surface area contributed by atoms with Crippen molar-refractivity contribution in [3.05, 3.63) is 99.3 Å². The van der Waals surface area contributed by atoms with Gasteiger partial charge in [-0.15, -0.1) is 0 Å². The number of aromatic nitrogens is 3. The molecule has 0 N–H and O–H groups in total. The summed E-state index contributed by atoms with van der Waals surface area (Å²) < 4.78 is 16.5. The van der Waals surface area contributed by atoms with Gasteiger partial charge in [-0.05, 0) is 73.8 Å². The Morgan fingerprint density at radius 1 is 0.943 bits per heavy atom. The van der Waals surface area contributed by atoms with Crippen LogP contribution in [-0.2, 0) is 6.42 Å². The van der Waals surface area contributed by atoms with Crippen LogP contribution in [0.25, 0.3) is 11.2 Å². The number of halogens is 1. The van der Waals surface area contributed by atoms with Crippen LogP contribution >= 0.6 is 0 Å². The van der Waals surface area contributed by atoms with Crippen molar-refractivity contribution in [3.63, 3.8) is 0 Å². The normalized spacial score (nSPS) is 18.6. The number of pyridine rings is 1. The van der Waals surface area contributed by atoms with Crippen molar-refractivity contribution < 1.29 is 4.39 Å². The monoisotopic (exact) mass is 468 g/mol. The maximum Gasteiger partial charge on any atom is 0.256 e. The Bertz CT molecular complexity index is 1430. The number of nitrogens with zero attached hydrogens (tertiary/aromatic N) is 4. The van der Waals surface area contributed by atoms with Gasteiger partial charge in [0.25, 0.3) is 5.56 Å². The second kappa shape index (κ2) is 8.91. The molecule has 0 spiro atoms. The molecule has 3 heterocycles. The third-order valence-electron chi connectivity index (χ3n) is 7.78. The molecule has 5 nitrogen and oxygen atoms in total. The maximum absolute atomic E-state index is 14.6. The molecule has 0 saturated carbocycles. The summed E-state index contributed by atoms with van der Waals surface area (Å²) >= 11 is 0. The summed E-state index contributed by atoms with van der Waals surface area (Å²) in [4.78, 5) is 25.4. The third kappa shape index (κ3) is 3.81. The molecule has 1 aliphatic heterocycles. The van der Waals surface area contributed by atoms with Crippen LogP contribution in [0.15, 0.2) is 65.7 Å². The van der Waals surface area contributed by atoms with Gasteiger partial charge in [0, 0.05) is 31.0 Å². The van der Waals surface area contributed by atoms with Crippen molar-refractivity contribution in [1.82, 2.24) is 14.5 Å². The van der Waals surface area contributed by atoms with Gasteiger partial charge >= 0.3 is 0 Å². The smallest absolute Gasteiger partial charge is 0.256 e. The highest BCUT2D eigenvalue weighted by atomic mass is 19.1. The first-order valence-electron chi connectivity index (χ1n) is 12.6. The quantitative estimate of drug-likeness (QED) is 0.396. The van der Waals surface area contributed by atoms with Gasteiger partial charge in [-0.3, -0.25) is 14.3 Å². The molecule has 1 fully saturated rings. The molecule has 1 saturated heterocycles. The lowest BCUT2D eigenvalue weighted by atomic mass is 9.86. The number of benzene rings is 2. The van der Waals surface area contributed by atoms with Gasteiger partial charge in [0.2, 0.25) is 0 Å². The number of aryl methyl sites for hydroxylation is 2. The lowest BCUT2D eigenvalue weighted by molar-refractivity contribution is 0.466. The van der Waals surface area contributed by atoms with Crippen LogP contribution in [-0.4, -0.2) is 27.6 Å². The summed E-state index contributed by atoms with van der Waals surface area (Å²) in [5.74, 6) is -0.0648. The molecule has 178 valence electrons. The Balaban J connectivity index is 1.39. The number of anilines is 1. The second-order valence-corrected chi connectivity index (χ2v) is 9.81. The van der Waals surface area contributed by atoms with Crippen LogP contribution in [0.2, 0.25) is 0 Å². The van der Waals surface area contributed by atoms with Crippen molar-refractivity contribution in [1.29, 1.82) is 0 Å². The van der Waals surface area contributed by atoms with Crippen molar-refractivity contribution in [2.45, 2.75) is 51.0 Å². The summed E-state index contributed by atoms with van der Waals surface area (Å²) in [6.45, 7) is 3.39.